The maximum absolute atomic E-state index is 11.5. The molecule has 0 amide bonds. The lowest BCUT2D eigenvalue weighted by Crippen LogP contribution is -2.43. The van der Waals surface area contributed by atoms with Gasteiger partial charge in [0.05, 0.1) is 20.8 Å². The van der Waals surface area contributed by atoms with Gasteiger partial charge in [-0.3, -0.25) is 0 Å². The summed E-state index contributed by atoms with van der Waals surface area (Å²) in [5.74, 6) is -0.497. The predicted octanol–water partition coefficient (Wildman–Crippen LogP) is -0.0671. The van der Waals surface area contributed by atoms with Crippen LogP contribution in [0.5, 0.6) is 5.88 Å². The minimum absolute atomic E-state index is 0.00697. The second kappa shape index (κ2) is 4.76. The van der Waals surface area contributed by atoms with Crippen molar-refractivity contribution in [3.8, 4) is 5.88 Å². The Balaban J connectivity index is 2.63. The van der Waals surface area contributed by atoms with E-state index in [0.29, 0.717) is 11.1 Å². The minimum Gasteiger partial charge on any atom is -0.481 e. The van der Waals surface area contributed by atoms with Crippen LogP contribution in [0.15, 0.2) is 6.07 Å². The number of aromatic nitrogens is 1. The van der Waals surface area contributed by atoms with Gasteiger partial charge < -0.3 is 24.4 Å². The van der Waals surface area contributed by atoms with Crippen LogP contribution in [0.1, 0.15) is 28.5 Å². The van der Waals surface area contributed by atoms with Crippen LogP contribution in [0, 0.1) is 0 Å². The molecule has 104 valence electrons. The van der Waals surface area contributed by atoms with Crippen LogP contribution in [0.4, 0.5) is 0 Å². The lowest BCUT2D eigenvalue weighted by Gasteiger charge is -2.35. The average molecular weight is 269 g/mol. The number of hydrogen-bond acceptors (Lipinski definition) is 7. The number of carbonyl (C=O) groups excluding carboxylic acids is 1. The number of aliphatic hydroxyl groups is 2. The van der Waals surface area contributed by atoms with Crippen molar-refractivity contribution in [2.45, 2.75) is 25.4 Å². The normalized spacial score (nSPS) is 25.6. The molecule has 1 aliphatic rings. The molecule has 0 aromatic carbocycles. The molecule has 7 nitrogen and oxygen atoms in total. The third-order valence-electron chi connectivity index (χ3n) is 3.09. The van der Waals surface area contributed by atoms with E-state index in [9.17, 15) is 15.0 Å². The van der Waals surface area contributed by atoms with Crippen LogP contribution in [-0.2, 0) is 21.7 Å². The Bertz CT molecular complexity index is 513. The van der Waals surface area contributed by atoms with Gasteiger partial charge in [-0.05, 0) is 13.0 Å². The average Bonchev–Trinajstić information content (AvgIpc) is 2.41. The first-order chi connectivity index (χ1) is 8.91. The van der Waals surface area contributed by atoms with Gasteiger partial charge in [-0.25, -0.2) is 9.78 Å². The Labute approximate surface area is 109 Å². The molecule has 0 bridgehead atoms. The highest BCUT2D eigenvalue weighted by Crippen LogP contribution is 2.37. The van der Waals surface area contributed by atoms with Gasteiger partial charge in [0.15, 0.2) is 12.0 Å². The molecule has 1 aliphatic heterocycles. The second-order valence-electron chi connectivity index (χ2n) is 4.35. The van der Waals surface area contributed by atoms with Crippen molar-refractivity contribution in [2.75, 3.05) is 14.2 Å². The number of aliphatic hydroxyl groups excluding tert-OH is 1. The number of pyridine rings is 1. The van der Waals surface area contributed by atoms with Crippen LogP contribution in [0.25, 0.3) is 0 Å². The molecule has 19 heavy (non-hydrogen) atoms. The fourth-order valence-corrected chi connectivity index (χ4v) is 1.97. The Morgan fingerprint density at radius 2 is 2.26 bits per heavy atom. The van der Waals surface area contributed by atoms with E-state index < -0.39 is 17.9 Å². The van der Waals surface area contributed by atoms with Crippen molar-refractivity contribution in [1.29, 1.82) is 0 Å². The quantitative estimate of drug-likeness (QED) is 0.725. The molecule has 0 aliphatic carbocycles. The Kier molecular flexibility index (Phi) is 3.44. The molecule has 2 atom stereocenters. The zero-order valence-corrected chi connectivity index (χ0v) is 10.8. The standard InChI is InChI=1S/C12H15NO6/c1-12(16)7-4-8(10(14)18-3)13-9(17-2)6(7)5-19-11(12)15/h4,11,15-16H,5H2,1-3H3. The van der Waals surface area contributed by atoms with E-state index in [1.54, 1.807) is 0 Å². The highest BCUT2D eigenvalue weighted by molar-refractivity contribution is 5.87. The number of hydrogen-bond donors (Lipinski definition) is 2. The third kappa shape index (κ3) is 2.16. The van der Waals surface area contributed by atoms with Crippen molar-refractivity contribution in [2.24, 2.45) is 0 Å². The summed E-state index contributed by atoms with van der Waals surface area (Å²) < 4.78 is 14.7. The predicted molar refractivity (Wildman–Crippen MR) is 62.5 cm³/mol. The summed E-state index contributed by atoms with van der Waals surface area (Å²) in [7, 11) is 2.62. The van der Waals surface area contributed by atoms with Crippen LogP contribution in [-0.4, -0.2) is 41.7 Å². The largest absolute Gasteiger partial charge is 0.481 e. The van der Waals surface area contributed by atoms with Crippen molar-refractivity contribution in [3.63, 3.8) is 0 Å². The van der Waals surface area contributed by atoms with E-state index in [1.165, 1.54) is 27.2 Å². The molecule has 0 saturated heterocycles. The fraction of sp³-hybridized carbons (Fsp3) is 0.500. The van der Waals surface area contributed by atoms with E-state index >= 15 is 0 Å². The van der Waals surface area contributed by atoms with E-state index in [1.807, 2.05) is 0 Å². The number of carbonyl (C=O) groups is 1. The molecule has 2 heterocycles. The van der Waals surface area contributed by atoms with Crippen molar-refractivity contribution < 1.29 is 29.2 Å². The number of ether oxygens (including phenoxy) is 3. The number of methoxy groups -OCH3 is 2. The van der Waals surface area contributed by atoms with Gasteiger partial charge in [0, 0.05) is 11.1 Å². The number of rotatable bonds is 2. The Morgan fingerprint density at radius 3 is 2.84 bits per heavy atom. The number of esters is 1. The summed E-state index contributed by atoms with van der Waals surface area (Å²) in [6, 6.07) is 1.37. The molecule has 0 radical (unpaired) electrons. The first kappa shape index (κ1) is 13.7. The summed E-state index contributed by atoms with van der Waals surface area (Å²) in [5.41, 5.74) is -0.844. The van der Waals surface area contributed by atoms with E-state index in [-0.39, 0.29) is 18.2 Å². The SMILES string of the molecule is COC(=O)c1cc2c(c(OC)n1)COC(O)C2(C)O. The Hall–Kier alpha value is -1.70. The summed E-state index contributed by atoms with van der Waals surface area (Å²) >= 11 is 0. The van der Waals surface area contributed by atoms with Crippen molar-refractivity contribution in [3.05, 3.63) is 22.9 Å². The van der Waals surface area contributed by atoms with Crippen LogP contribution >= 0.6 is 0 Å². The molecule has 1 aromatic heterocycles. The van der Waals surface area contributed by atoms with Gasteiger partial charge in [-0.2, -0.15) is 0 Å². The number of fused-ring (bicyclic) bond motifs is 1. The number of nitrogens with zero attached hydrogens (tertiary/aromatic N) is 1. The van der Waals surface area contributed by atoms with Gasteiger partial charge >= 0.3 is 5.97 Å². The summed E-state index contributed by atoms with van der Waals surface area (Å²) in [6.07, 6.45) is -1.39. The zero-order chi connectivity index (χ0) is 14.2. The van der Waals surface area contributed by atoms with Gasteiger partial charge in [0.1, 0.15) is 5.60 Å². The summed E-state index contributed by atoms with van der Waals surface area (Å²) in [4.78, 5) is 15.5. The smallest absolute Gasteiger partial charge is 0.356 e. The molecule has 2 rings (SSSR count). The van der Waals surface area contributed by atoms with Crippen molar-refractivity contribution in [1.82, 2.24) is 4.98 Å². The molecule has 7 heteroatoms. The summed E-state index contributed by atoms with van der Waals surface area (Å²) in [6.45, 7) is 1.42. The molecular weight excluding hydrogens is 254 g/mol. The molecule has 1 aromatic rings. The maximum Gasteiger partial charge on any atom is 0.356 e. The summed E-state index contributed by atoms with van der Waals surface area (Å²) in [5, 5.41) is 20.0. The van der Waals surface area contributed by atoms with Gasteiger partial charge in [0.25, 0.3) is 0 Å². The lowest BCUT2D eigenvalue weighted by molar-refractivity contribution is -0.228. The molecule has 2 N–H and O–H groups in total. The molecule has 0 spiro atoms. The first-order valence-electron chi connectivity index (χ1n) is 5.60. The Morgan fingerprint density at radius 1 is 1.58 bits per heavy atom. The van der Waals surface area contributed by atoms with Crippen LogP contribution < -0.4 is 4.74 Å². The topological polar surface area (TPSA) is 98.1 Å². The molecule has 0 saturated carbocycles. The second-order valence-corrected chi connectivity index (χ2v) is 4.35. The minimum atomic E-state index is -1.66. The van der Waals surface area contributed by atoms with E-state index in [4.69, 9.17) is 9.47 Å². The molecular formula is C12H15NO6. The van der Waals surface area contributed by atoms with E-state index in [2.05, 4.69) is 9.72 Å². The monoisotopic (exact) mass is 269 g/mol. The van der Waals surface area contributed by atoms with Crippen LogP contribution in [0.2, 0.25) is 0 Å². The maximum atomic E-state index is 11.5. The lowest BCUT2D eigenvalue weighted by atomic mass is 9.89. The zero-order valence-electron chi connectivity index (χ0n) is 10.8. The highest BCUT2D eigenvalue weighted by atomic mass is 16.6. The van der Waals surface area contributed by atoms with Gasteiger partial charge in [-0.1, -0.05) is 0 Å². The van der Waals surface area contributed by atoms with E-state index in [0.717, 1.165) is 0 Å². The highest BCUT2D eigenvalue weighted by Gasteiger charge is 2.41. The third-order valence-corrected chi connectivity index (χ3v) is 3.09. The molecule has 2 unspecified atom stereocenters. The van der Waals surface area contributed by atoms with Gasteiger partial charge in [0.2, 0.25) is 5.88 Å². The molecule has 0 fully saturated rings. The van der Waals surface area contributed by atoms with Crippen LogP contribution in [0.3, 0.4) is 0 Å². The first-order valence-corrected chi connectivity index (χ1v) is 5.60. The fourth-order valence-electron chi connectivity index (χ4n) is 1.97. The van der Waals surface area contributed by atoms with Gasteiger partial charge in [-0.15, -0.1) is 0 Å². The van der Waals surface area contributed by atoms with Crippen molar-refractivity contribution >= 4 is 5.97 Å².